The van der Waals surface area contributed by atoms with Crippen molar-refractivity contribution in [2.75, 3.05) is 0 Å². The van der Waals surface area contributed by atoms with Gasteiger partial charge in [0.1, 0.15) is 0 Å². The smallest absolute Gasteiger partial charge is 0.309 e. The molecular weight excluding hydrogens is 228 g/mol. The summed E-state index contributed by atoms with van der Waals surface area (Å²) in [6, 6.07) is 0. The van der Waals surface area contributed by atoms with E-state index in [2.05, 4.69) is 6.92 Å². The summed E-state index contributed by atoms with van der Waals surface area (Å²) in [5.74, 6) is -0.666. The van der Waals surface area contributed by atoms with E-state index in [0.29, 0.717) is 6.42 Å². The normalized spacial score (nSPS) is 29.6. The number of hydrogen-bond acceptors (Lipinski definition) is 2. The molecule has 1 saturated heterocycles. The second kappa shape index (κ2) is 5.20. The SMILES string of the molecule is CCCC(C)(CC1CCC2(CCCC2)O1)C(=O)O. The lowest BCUT2D eigenvalue weighted by molar-refractivity contribution is -0.152. The predicted octanol–water partition coefficient (Wildman–Crippen LogP) is 3.76. The van der Waals surface area contributed by atoms with Crippen LogP contribution in [0.2, 0.25) is 0 Å². The lowest BCUT2D eigenvalue weighted by Gasteiger charge is -2.29. The van der Waals surface area contributed by atoms with Gasteiger partial charge in [0.2, 0.25) is 0 Å². The first-order chi connectivity index (χ1) is 8.50. The van der Waals surface area contributed by atoms with Gasteiger partial charge in [0, 0.05) is 0 Å². The molecule has 0 bridgehead atoms. The third-order valence-electron chi connectivity index (χ3n) is 4.85. The van der Waals surface area contributed by atoms with Crippen LogP contribution in [-0.2, 0) is 9.53 Å². The average Bonchev–Trinajstić information content (AvgIpc) is 2.90. The average molecular weight is 254 g/mol. The molecule has 2 aliphatic rings. The highest BCUT2D eigenvalue weighted by atomic mass is 16.5. The van der Waals surface area contributed by atoms with Gasteiger partial charge in [0.15, 0.2) is 0 Å². The molecular formula is C15H26O3. The number of carboxylic acid groups (broad SMARTS) is 1. The van der Waals surface area contributed by atoms with Crippen LogP contribution in [0.3, 0.4) is 0 Å². The van der Waals surface area contributed by atoms with Gasteiger partial charge in [0.25, 0.3) is 0 Å². The number of ether oxygens (including phenoxy) is 1. The van der Waals surface area contributed by atoms with Gasteiger partial charge in [0.05, 0.1) is 17.1 Å². The van der Waals surface area contributed by atoms with Gasteiger partial charge in [-0.05, 0) is 45.4 Å². The minimum absolute atomic E-state index is 0.121. The Bertz CT molecular complexity index is 307. The van der Waals surface area contributed by atoms with Crippen molar-refractivity contribution in [1.82, 2.24) is 0 Å². The molecule has 1 spiro atoms. The maximum atomic E-state index is 11.5. The summed E-state index contributed by atoms with van der Waals surface area (Å²) in [5, 5.41) is 9.43. The van der Waals surface area contributed by atoms with Crippen LogP contribution in [0.5, 0.6) is 0 Å². The first-order valence-electron chi connectivity index (χ1n) is 7.41. The molecule has 3 nitrogen and oxygen atoms in total. The number of hydrogen-bond donors (Lipinski definition) is 1. The zero-order valence-corrected chi connectivity index (χ0v) is 11.7. The largest absolute Gasteiger partial charge is 0.481 e. The first-order valence-corrected chi connectivity index (χ1v) is 7.41. The Morgan fingerprint density at radius 2 is 2.06 bits per heavy atom. The van der Waals surface area contributed by atoms with E-state index in [-0.39, 0.29) is 11.7 Å². The quantitative estimate of drug-likeness (QED) is 0.812. The van der Waals surface area contributed by atoms with Crippen LogP contribution < -0.4 is 0 Å². The van der Waals surface area contributed by atoms with Crippen LogP contribution in [0.4, 0.5) is 0 Å². The molecule has 0 aromatic carbocycles. The third kappa shape index (κ3) is 2.71. The molecule has 1 saturated carbocycles. The summed E-state index contributed by atoms with van der Waals surface area (Å²) in [5.41, 5.74) is -0.486. The van der Waals surface area contributed by atoms with Crippen LogP contribution in [0.15, 0.2) is 0 Å². The second-order valence-electron chi connectivity index (χ2n) is 6.49. The Morgan fingerprint density at radius 1 is 1.39 bits per heavy atom. The van der Waals surface area contributed by atoms with Gasteiger partial charge in [-0.1, -0.05) is 26.2 Å². The minimum atomic E-state index is -0.666. The number of carbonyl (C=O) groups is 1. The molecule has 1 aliphatic carbocycles. The summed E-state index contributed by atoms with van der Waals surface area (Å²) >= 11 is 0. The summed E-state index contributed by atoms with van der Waals surface area (Å²) in [6.07, 6.45) is 9.60. The van der Waals surface area contributed by atoms with Crippen LogP contribution in [0.25, 0.3) is 0 Å². The molecule has 2 unspecified atom stereocenters. The molecule has 2 fully saturated rings. The van der Waals surface area contributed by atoms with E-state index in [4.69, 9.17) is 4.74 Å². The zero-order valence-electron chi connectivity index (χ0n) is 11.7. The lowest BCUT2D eigenvalue weighted by Crippen LogP contribution is -2.33. The maximum absolute atomic E-state index is 11.5. The van der Waals surface area contributed by atoms with Gasteiger partial charge in [-0.2, -0.15) is 0 Å². The van der Waals surface area contributed by atoms with E-state index in [1.165, 1.54) is 25.7 Å². The summed E-state index contributed by atoms with van der Waals surface area (Å²) in [6.45, 7) is 3.93. The van der Waals surface area contributed by atoms with Crippen LogP contribution >= 0.6 is 0 Å². The van der Waals surface area contributed by atoms with Gasteiger partial charge in [-0.3, -0.25) is 4.79 Å². The number of carboxylic acids is 1. The van der Waals surface area contributed by atoms with E-state index < -0.39 is 11.4 Å². The molecule has 0 radical (unpaired) electrons. The van der Waals surface area contributed by atoms with Crippen molar-refractivity contribution in [3.63, 3.8) is 0 Å². The fourth-order valence-corrected chi connectivity index (χ4v) is 3.78. The molecule has 3 heteroatoms. The molecule has 1 heterocycles. The maximum Gasteiger partial charge on any atom is 0.309 e. The zero-order chi connectivity index (χ0) is 13.2. The molecule has 2 atom stereocenters. The van der Waals surface area contributed by atoms with Gasteiger partial charge >= 0.3 is 5.97 Å². The summed E-state index contributed by atoms with van der Waals surface area (Å²) in [7, 11) is 0. The number of rotatable bonds is 5. The predicted molar refractivity (Wildman–Crippen MR) is 70.6 cm³/mol. The third-order valence-corrected chi connectivity index (χ3v) is 4.85. The van der Waals surface area contributed by atoms with Crippen LogP contribution in [-0.4, -0.2) is 22.8 Å². The van der Waals surface area contributed by atoms with Crippen molar-refractivity contribution < 1.29 is 14.6 Å². The first kappa shape index (κ1) is 13.9. The van der Waals surface area contributed by atoms with Crippen LogP contribution in [0.1, 0.15) is 71.6 Å². The lowest BCUT2D eigenvalue weighted by atomic mass is 9.80. The molecule has 1 aliphatic heterocycles. The Morgan fingerprint density at radius 3 is 2.61 bits per heavy atom. The van der Waals surface area contributed by atoms with E-state index in [1.54, 1.807) is 0 Å². The van der Waals surface area contributed by atoms with Gasteiger partial charge in [-0.25, -0.2) is 0 Å². The molecule has 104 valence electrons. The Hall–Kier alpha value is -0.570. The molecule has 1 N–H and O–H groups in total. The number of aliphatic carboxylic acids is 1. The van der Waals surface area contributed by atoms with Crippen molar-refractivity contribution in [1.29, 1.82) is 0 Å². The topological polar surface area (TPSA) is 46.5 Å². The second-order valence-corrected chi connectivity index (χ2v) is 6.49. The highest BCUT2D eigenvalue weighted by molar-refractivity contribution is 5.74. The molecule has 0 aromatic heterocycles. The minimum Gasteiger partial charge on any atom is -0.481 e. The monoisotopic (exact) mass is 254 g/mol. The summed E-state index contributed by atoms with van der Waals surface area (Å²) in [4.78, 5) is 11.5. The molecule has 2 rings (SSSR count). The molecule has 18 heavy (non-hydrogen) atoms. The Balaban J connectivity index is 1.95. The van der Waals surface area contributed by atoms with E-state index in [1.807, 2.05) is 6.92 Å². The van der Waals surface area contributed by atoms with Crippen molar-refractivity contribution >= 4 is 5.97 Å². The van der Waals surface area contributed by atoms with E-state index in [0.717, 1.165) is 25.7 Å². The Kier molecular flexibility index (Phi) is 4.00. The van der Waals surface area contributed by atoms with E-state index in [9.17, 15) is 9.90 Å². The summed E-state index contributed by atoms with van der Waals surface area (Å²) < 4.78 is 6.24. The van der Waals surface area contributed by atoms with Crippen molar-refractivity contribution in [2.45, 2.75) is 83.3 Å². The fourth-order valence-electron chi connectivity index (χ4n) is 3.78. The van der Waals surface area contributed by atoms with Crippen molar-refractivity contribution in [2.24, 2.45) is 5.41 Å². The highest BCUT2D eigenvalue weighted by Crippen LogP contribution is 2.46. The van der Waals surface area contributed by atoms with Crippen molar-refractivity contribution in [3.05, 3.63) is 0 Å². The van der Waals surface area contributed by atoms with E-state index >= 15 is 0 Å². The fraction of sp³-hybridized carbons (Fsp3) is 0.933. The van der Waals surface area contributed by atoms with Gasteiger partial charge < -0.3 is 9.84 Å². The molecule has 0 aromatic rings. The highest BCUT2D eigenvalue weighted by Gasteiger charge is 2.45. The standard InChI is InChI=1S/C15H26O3/c1-3-7-14(2,13(16)17)11-12-6-10-15(18-12)8-4-5-9-15/h12H,3-11H2,1-2H3,(H,16,17). The van der Waals surface area contributed by atoms with Crippen LogP contribution in [0, 0.1) is 5.41 Å². The van der Waals surface area contributed by atoms with Gasteiger partial charge in [-0.15, -0.1) is 0 Å². The van der Waals surface area contributed by atoms with Crippen molar-refractivity contribution in [3.8, 4) is 0 Å². The molecule has 0 amide bonds. The Labute approximate surface area is 110 Å².